The number of rotatable bonds is 4. The van der Waals surface area contributed by atoms with Gasteiger partial charge in [0.05, 0.1) is 13.1 Å². The molecule has 1 heterocycles. The van der Waals surface area contributed by atoms with Crippen LogP contribution in [0.2, 0.25) is 0 Å². The number of hydrogen-bond donors (Lipinski definition) is 2. The molecule has 84 valence electrons. The number of halogens is 3. The first-order valence-electron chi connectivity index (χ1n) is 4.06. The fourth-order valence-corrected chi connectivity index (χ4v) is 1.11. The summed E-state index contributed by atoms with van der Waals surface area (Å²) in [6.07, 6.45) is 0. The fraction of sp³-hybridized carbons (Fsp3) is 0.375. The van der Waals surface area contributed by atoms with Gasteiger partial charge in [0.2, 0.25) is 0 Å². The molecule has 0 aliphatic rings. The highest BCUT2D eigenvalue weighted by Gasteiger charge is 2.27. The zero-order valence-electron chi connectivity index (χ0n) is 7.60. The number of hydrogen-bond acceptors (Lipinski definition) is 3. The topological polar surface area (TPSA) is 68.3 Å². The zero-order valence-corrected chi connectivity index (χ0v) is 9.18. The molecule has 0 fully saturated rings. The lowest BCUT2D eigenvalue weighted by atomic mass is 10.3. The van der Waals surface area contributed by atoms with Crippen LogP contribution in [0.5, 0.6) is 0 Å². The van der Waals surface area contributed by atoms with E-state index in [1.165, 1.54) is 12.1 Å². The molecule has 0 radical (unpaired) electrons. The maximum atomic E-state index is 12.7. The normalized spacial score (nSPS) is 11.5. The highest BCUT2D eigenvalue weighted by Crippen LogP contribution is 2.14. The molecule has 4 nitrogen and oxygen atoms in total. The number of carbonyl (C=O) groups excluding carboxylic acids is 1. The average molecular weight is 283 g/mol. The summed E-state index contributed by atoms with van der Waals surface area (Å²) in [5.41, 5.74) is 4.80. The molecular weight excluding hydrogens is 274 g/mol. The molecular formula is C8H9BrF2N2O2. The van der Waals surface area contributed by atoms with E-state index in [0.29, 0.717) is 4.67 Å². The van der Waals surface area contributed by atoms with E-state index in [9.17, 15) is 13.6 Å². The van der Waals surface area contributed by atoms with Gasteiger partial charge < -0.3 is 15.5 Å². The van der Waals surface area contributed by atoms with Gasteiger partial charge in [0, 0.05) is 0 Å². The van der Waals surface area contributed by atoms with Crippen molar-refractivity contribution in [3.05, 3.63) is 22.6 Å². The molecule has 0 spiro atoms. The van der Waals surface area contributed by atoms with E-state index >= 15 is 0 Å². The van der Waals surface area contributed by atoms with Gasteiger partial charge in [-0.3, -0.25) is 4.79 Å². The second-order valence-electron chi connectivity index (χ2n) is 2.85. The first-order chi connectivity index (χ1) is 6.94. The number of nitrogens with two attached hydrogens (primary N) is 1. The Morgan fingerprint density at radius 1 is 1.60 bits per heavy atom. The van der Waals surface area contributed by atoms with Crippen molar-refractivity contribution in [2.45, 2.75) is 5.92 Å². The number of carbonyl (C=O) groups is 1. The minimum Gasteiger partial charge on any atom is -0.444 e. The van der Waals surface area contributed by atoms with E-state index in [0.717, 1.165) is 0 Å². The lowest BCUT2D eigenvalue weighted by Gasteiger charge is -2.13. The van der Waals surface area contributed by atoms with Gasteiger partial charge in [-0.25, -0.2) is 8.78 Å². The van der Waals surface area contributed by atoms with Crippen LogP contribution < -0.4 is 11.1 Å². The lowest BCUT2D eigenvalue weighted by Crippen LogP contribution is -2.41. The molecule has 15 heavy (non-hydrogen) atoms. The summed E-state index contributed by atoms with van der Waals surface area (Å²) in [7, 11) is 0. The maximum Gasteiger partial charge on any atom is 0.287 e. The van der Waals surface area contributed by atoms with Crippen LogP contribution in [0.15, 0.2) is 21.2 Å². The van der Waals surface area contributed by atoms with E-state index < -0.39 is 24.9 Å². The van der Waals surface area contributed by atoms with E-state index in [1.807, 2.05) is 5.32 Å². The summed E-state index contributed by atoms with van der Waals surface area (Å²) in [6, 6.07) is 2.87. The summed E-state index contributed by atoms with van der Waals surface area (Å²) in [6.45, 7) is -1.62. The van der Waals surface area contributed by atoms with Crippen molar-refractivity contribution in [3.63, 3.8) is 0 Å². The number of furan rings is 1. The van der Waals surface area contributed by atoms with Crippen molar-refractivity contribution >= 4 is 21.8 Å². The Morgan fingerprint density at radius 2 is 2.27 bits per heavy atom. The van der Waals surface area contributed by atoms with Crippen LogP contribution in [-0.2, 0) is 0 Å². The molecule has 1 amide bonds. The van der Waals surface area contributed by atoms with E-state index in [-0.39, 0.29) is 5.76 Å². The van der Waals surface area contributed by atoms with E-state index in [1.54, 1.807) is 0 Å². The third-order valence-corrected chi connectivity index (χ3v) is 2.03. The third-order valence-electron chi connectivity index (χ3n) is 1.60. The Bertz CT molecular complexity index is 354. The van der Waals surface area contributed by atoms with Crippen molar-refractivity contribution in [3.8, 4) is 0 Å². The number of nitrogens with one attached hydrogen (secondary N) is 1. The first kappa shape index (κ1) is 12.1. The molecule has 0 saturated carbocycles. The predicted octanol–water partition coefficient (Wildman–Crippen LogP) is 1.37. The van der Waals surface area contributed by atoms with Gasteiger partial charge >= 0.3 is 0 Å². The molecule has 0 aliphatic carbocycles. The largest absolute Gasteiger partial charge is 0.444 e. The Hall–Kier alpha value is -0.950. The molecule has 0 unspecified atom stereocenters. The van der Waals surface area contributed by atoms with Crippen molar-refractivity contribution in [2.75, 3.05) is 13.1 Å². The highest BCUT2D eigenvalue weighted by molar-refractivity contribution is 9.10. The molecule has 0 aliphatic heterocycles. The Labute approximate surface area is 92.9 Å². The third kappa shape index (κ3) is 3.60. The van der Waals surface area contributed by atoms with Crippen molar-refractivity contribution < 1.29 is 18.0 Å². The van der Waals surface area contributed by atoms with Gasteiger partial charge in [0.1, 0.15) is 0 Å². The maximum absolute atomic E-state index is 12.7. The second-order valence-corrected chi connectivity index (χ2v) is 3.63. The van der Waals surface area contributed by atoms with Gasteiger partial charge in [0.15, 0.2) is 10.4 Å². The summed E-state index contributed by atoms with van der Waals surface area (Å²) in [5.74, 6) is -3.83. The molecule has 1 aromatic rings. The van der Waals surface area contributed by atoms with Gasteiger partial charge in [-0.1, -0.05) is 0 Å². The highest BCUT2D eigenvalue weighted by atomic mass is 79.9. The molecule has 0 aromatic carbocycles. The molecule has 1 rings (SSSR count). The monoisotopic (exact) mass is 282 g/mol. The average Bonchev–Trinajstić information content (AvgIpc) is 2.61. The molecule has 1 aromatic heterocycles. The number of amides is 1. The Morgan fingerprint density at radius 3 is 2.73 bits per heavy atom. The minimum absolute atomic E-state index is 0.0327. The first-order valence-corrected chi connectivity index (χ1v) is 4.85. The van der Waals surface area contributed by atoms with Crippen LogP contribution in [0.4, 0.5) is 8.78 Å². The second kappa shape index (κ2) is 4.71. The Balaban J connectivity index is 2.50. The molecule has 7 heteroatoms. The summed E-state index contributed by atoms with van der Waals surface area (Å²) >= 11 is 2.99. The van der Waals surface area contributed by atoms with Gasteiger partial charge in [0.25, 0.3) is 11.8 Å². The summed E-state index contributed by atoms with van der Waals surface area (Å²) in [5, 5.41) is 2.02. The fourth-order valence-electron chi connectivity index (χ4n) is 0.805. The summed E-state index contributed by atoms with van der Waals surface area (Å²) < 4.78 is 30.5. The summed E-state index contributed by atoms with van der Waals surface area (Å²) in [4.78, 5) is 11.2. The van der Waals surface area contributed by atoms with Gasteiger partial charge in [-0.15, -0.1) is 0 Å². The van der Waals surface area contributed by atoms with Crippen LogP contribution in [0.1, 0.15) is 10.6 Å². The van der Waals surface area contributed by atoms with Crippen LogP contribution in [0, 0.1) is 0 Å². The molecule has 3 N–H and O–H groups in total. The van der Waals surface area contributed by atoms with E-state index in [2.05, 4.69) is 15.9 Å². The quantitative estimate of drug-likeness (QED) is 0.876. The van der Waals surface area contributed by atoms with Crippen molar-refractivity contribution in [2.24, 2.45) is 5.73 Å². The van der Waals surface area contributed by atoms with Crippen LogP contribution in [-0.4, -0.2) is 24.9 Å². The van der Waals surface area contributed by atoms with Crippen LogP contribution >= 0.6 is 15.9 Å². The van der Waals surface area contributed by atoms with Gasteiger partial charge in [-0.2, -0.15) is 0 Å². The molecule has 0 atom stereocenters. The zero-order chi connectivity index (χ0) is 11.5. The number of alkyl halides is 2. The van der Waals surface area contributed by atoms with Crippen LogP contribution in [0.25, 0.3) is 0 Å². The predicted molar refractivity (Wildman–Crippen MR) is 52.7 cm³/mol. The Kier molecular flexibility index (Phi) is 3.81. The van der Waals surface area contributed by atoms with Crippen LogP contribution in [0.3, 0.4) is 0 Å². The van der Waals surface area contributed by atoms with Gasteiger partial charge in [-0.05, 0) is 28.1 Å². The smallest absolute Gasteiger partial charge is 0.287 e. The molecule has 0 saturated heterocycles. The minimum atomic E-state index is -3.10. The SMILES string of the molecule is NCC(F)(F)CNC(=O)c1ccc(Br)o1. The van der Waals surface area contributed by atoms with Crippen molar-refractivity contribution in [1.82, 2.24) is 5.32 Å². The standard InChI is InChI=1S/C8H9BrF2N2O2/c9-6-2-1-5(15-6)7(14)13-4-8(10,11)3-12/h1-2H,3-4,12H2,(H,13,14). The lowest BCUT2D eigenvalue weighted by molar-refractivity contribution is 0.0115. The van der Waals surface area contributed by atoms with E-state index in [4.69, 9.17) is 10.2 Å². The van der Waals surface area contributed by atoms with Crippen molar-refractivity contribution in [1.29, 1.82) is 0 Å². The molecule has 0 bridgehead atoms.